The van der Waals surface area contributed by atoms with Gasteiger partial charge in [0, 0.05) is 6.42 Å². The Labute approximate surface area is 109 Å². The lowest BCUT2D eigenvalue weighted by Gasteiger charge is -2.47. The van der Waals surface area contributed by atoms with E-state index in [-0.39, 0.29) is 11.5 Å². The first-order chi connectivity index (χ1) is 8.58. The fourth-order valence-corrected chi connectivity index (χ4v) is 4.88. The molecule has 18 heavy (non-hydrogen) atoms. The number of Topliss-reactive ketones (excluding diaryl/α,β-unsaturated/α-hetero) is 1. The summed E-state index contributed by atoms with van der Waals surface area (Å²) in [6, 6.07) is 0. The van der Waals surface area contributed by atoms with Gasteiger partial charge in [0.1, 0.15) is 0 Å². The van der Waals surface area contributed by atoms with Crippen molar-refractivity contribution in [2.45, 2.75) is 64.9 Å². The van der Waals surface area contributed by atoms with Crippen molar-refractivity contribution in [2.75, 3.05) is 0 Å². The topological polar surface area (TPSA) is 37.3 Å². The second-order valence-corrected chi connectivity index (χ2v) is 6.63. The Kier molecular flexibility index (Phi) is 2.89. The van der Waals surface area contributed by atoms with Crippen LogP contribution in [0.2, 0.25) is 0 Å². The number of fused-ring (bicyclic) bond motifs is 3. The van der Waals surface area contributed by atoms with Gasteiger partial charge in [-0.25, -0.2) is 0 Å². The van der Waals surface area contributed by atoms with E-state index in [2.05, 4.69) is 13.8 Å². The van der Waals surface area contributed by atoms with E-state index in [1.807, 2.05) is 0 Å². The van der Waals surface area contributed by atoms with Crippen molar-refractivity contribution in [3.05, 3.63) is 11.1 Å². The molecule has 0 amide bonds. The zero-order valence-electron chi connectivity index (χ0n) is 11.5. The van der Waals surface area contributed by atoms with Gasteiger partial charge in [0.25, 0.3) is 0 Å². The molecular weight excluding hydrogens is 224 g/mol. The number of hydrogen-bond acceptors (Lipinski definition) is 2. The van der Waals surface area contributed by atoms with E-state index in [1.54, 1.807) is 0 Å². The highest BCUT2D eigenvalue weighted by molar-refractivity contribution is 5.97. The molecule has 2 saturated carbocycles. The molecule has 3 rings (SSSR count). The van der Waals surface area contributed by atoms with Crippen LogP contribution in [-0.2, 0) is 4.79 Å². The van der Waals surface area contributed by atoms with Gasteiger partial charge in [-0.1, -0.05) is 19.4 Å². The lowest BCUT2D eigenvalue weighted by Crippen LogP contribution is -2.42. The second-order valence-electron chi connectivity index (χ2n) is 6.63. The van der Waals surface area contributed by atoms with Crippen molar-refractivity contribution in [1.29, 1.82) is 0 Å². The van der Waals surface area contributed by atoms with Crippen LogP contribution in [0.4, 0.5) is 0 Å². The molecule has 0 aromatic carbocycles. The summed E-state index contributed by atoms with van der Waals surface area (Å²) in [5, 5.41) is 10.3. The summed E-state index contributed by atoms with van der Waals surface area (Å²) in [5.41, 5.74) is 2.72. The largest absolute Gasteiger partial charge is 0.393 e. The molecule has 0 aromatic heterocycles. The van der Waals surface area contributed by atoms with Gasteiger partial charge in [0.15, 0.2) is 5.78 Å². The van der Waals surface area contributed by atoms with E-state index in [9.17, 15) is 9.90 Å². The van der Waals surface area contributed by atoms with E-state index >= 15 is 0 Å². The maximum atomic E-state index is 12.0. The summed E-state index contributed by atoms with van der Waals surface area (Å²) < 4.78 is 0. The fourth-order valence-electron chi connectivity index (χ4n) is 4.88. The quantitative estimate of drug-likeness (QED) is 0.773. The molecule has 0 heterocycles. The van der Waals surface area contributed by atoms with Gasteiger partial charge in [0.2, 0.25) is 0 Å². The Morgan fingerprint density at radius 1 is 1.28 bits per heavy atom. The number of hydrogen-bond donors (Lipinski definition) is 1. The van der Waals surface area contributed by atoms with E-state index in [0.29, 0.717) is 17.6 Å². The molecule has 2 fully saturated rings. The van der Waals surface area contributed by atoms with Crippen molar-refractivity contribution in [1.82, 2.24) is 0 Å². The molecule has 4 atom stereocenters. The number of allylic oxidation sites excluding steroid dienone is 2. The standard InChI is InChI=1S/C16H24O2/c1-3-10-11-8-9-16(2)13(5-7-15(16)18)12(11)4-6-14(10)17/h12-13,15,18H,3-9H2,1-2H3. The van der Waals surface area contributed by atoms with Crippen LogP contribution in [-0.4, -0.2) is 17.0 Å². The normalized spacial score (nSPS) is 43.9. The van der Waals surface area contributed by atoms with Crippen LogP contribution < -0.4 is 0 Å². The minimum atomic E-state index is -0.119. The second kappa shape index (κ2) is 4.19. The average molecular weight is 248 g/mol. The highest BCUT2D eigenvalue weighted by Gasteiger charge is 2.53. The smallest absolute Gasteiger partial charge is 0.158 e. The highest BCUT2D eigenvalue weighted by Crippen LogP contribution is 2.58. The first-order valence-corrected chi connectivity index (χ1v) is 7.51. The van der Waals surface area contributed by atoms with E-state index < -0.39 is 0 Å². The summed E-state index contributed by atoms with van der Waals surface area (Å²) in [5.74, 6) is 1.60. The van der Waals surface area contributed by atoms with Crippen LogP contribution in [0.5, 0.6) is 0 Å². The maximum absolute atomic E-state index is 12.0. The van der Waals surface area contributed by atoms with E-state index in [4.69, 9.17) is 0 Å². The van der Waals surface area contributed by atoms with Crippen LogP contribution in [0.1, 0.15) is 58.8 Å². The number of ketones is 1. The molecule has 2 heteroatoms. The van der Waals surface area contributed by atoms with E-state index in [1.165, 1.54) is 5.57 Å². The van der Waals surface area contributed by atoms with Gasteiger partial charge in [0.05, 0.1) is 6.10 Å². The first kappa shape index (κ1) is 12.4. The number of carbonyl (C=O) groups is 1. The molecule has 0 saturated heterocycles. The van der Waals surface area contributed by atoms with Crippen molar-refractivity contribution < 1.29 is 9.90 Å². The molecule has 0 aromatic rings. The Bertz CT molecular complexity index is 409. The predicted molar refractivity (Wildman–Crippen MR) is 71.1 cm³/mol. The summed E-state index contributed by atoms with van der Waals surface area (Å²) >= 11 is 0. The molecule has 3 aliphatic rings. The fraction of sp³-hybridized carbons (Fsp3) is 0.812. The van der Waals surface area contributed by atoms with Crippen molar-refractivity contribution >= 4 is 5.78 Å². The molecule has 0 spiro atoms. The zero-order valence-corrected chi connectivity index (χ0v) is 11.5. The lowest BCUT2D eigenvalue weighted by molar-refractivity contribution is -0.117. The number of aliphatic hydroxyl groups excluding tert-OH is 1. The minimum Gasteiger partial charge on any atom is -0.393 e. The van der Waals surface area contributed by atoms with Gasteiger partial charge in [-0.15, -0.1) is 0 Å². The van der Waals surface area contributed by atoms with Gasteiger partial charge < -0.3 is 5.11 Å². The third-order valence-electron chi connectivity index (χ3n) is 5.99. The third-order valence-corrected chi connectivity index (χ3v) is 5.99. The first-order valence-electron chi connectivity index (χ1n) is 7.51. The summed E-state index contributed by atoms with van der Waals surface area (Å²) in [6.45, 7) is 4.38. The Hall–Kier alpha value is -0.630. The van der Waals surface area contributed by atoms with Crippen LogP contribution in [0.25, 0.3) is 0 Å². The number of aliphatic hydroxyl groups is 1. The van der Waals surface area contributed by atoms with Crippen LogP contribution in [0.15, 0.2) is 11.1 Å². The number of carbonyl (C=O) groups excluding carboxylic acids is 1. The molecule has 0 aliphatic heterocycles. The monoisotopic (exact) mass is 248 g/mol. The highest BCUT2D eigenvalue weighted by atomic mass is 16.3. The van der Waals surface area contributed by atoms with Crippen LogP contribution in [0.3, 0.4) is 0 Å². The van der Waals surface area contributed by atoms with Gasteiger partial charge in [-0.05, 0) is 61.3 Å². The van der Waals surface area contributed by atoms with Crippen molar-refractivity contribution in [2.24, 2.45) is 17.3 Å². The summed E-state index contributed by atoms with van der Waals surface area (Å²) in [4.78, 5) is 12.0. The molecule has 3 aliphatic carbocycles. The van der Waals surface area contributed by atoms with Crippen LogP contribution >= 0.6 is 0 Å². The van der Waals surface area contributed by atoms with E-state index in [0.717, 1.165) is 50.5 Å². The summed E-state index contributed by atoms with van der Waals surface area (Å²) in [6.07, 6.45) is 6.77. The SMILES string of the molecule is CCC1=C2CCC3(C)C(O)CCC3C2CCC1=O. The maximum Gasteiger partial charge on any atom is 0.158 e. The molecule has 4 unspecified atom stereocenters. The molecule has 0 bridgehead atoms. The van der Waals surface area contributed by atoms with Gasteiger partial charge >= 0.3 is 0 Å². The van der Waals surface area contributed by atoms with Crippen LogP contribution in [0, 0.1) is 17.3 Å². The third kappa shape index (κ3) is 1.54. The Balaban J connectivity index is 1.99. The van der Waals surface area contributed by atoms with Gasteiger partial charge in [-0.2, -0.15) is 0 Å². The number of rotatable bonds is 1. The van der Waals surface area contributed by atoms with Crippen molar-refractivity contribution in [3.8, 4) is 0 Å². The van der Waals surface area contributed by atoms with Crippen molar-refractivity contribution in [3.63, 3.8) is 0 Å². The molecule has 0 radical (unpaired) electrons. The molecule has 2 nitrogen and oxygen atoms in total. The average Bonchev–Trinajstić information content (AvgIpc) is 2.66. The molecular formula is C16H24O2. The minimum absolute atomic E-state index is 0.118. The summed E-state index contributed by atoms with van der Waals surface area (Å²) in [7, 11) is 0. The zero-order chi connectivity index (χ0) is 12.9. The Morgan fingerprint density at radius 3 is 2.78 bits per heavy atom. The molecule has 1 N–H and O–H groups in total. The molecule has 100 valence electrons. The predicted octanol–water partition coefficient (Wildman–Crippen LogP) is 3.24. The Morgan fingerprint density at radius 2 is 2.06 bits per heavy atom. The lowest BCUT2D eigenvalue weighted by atomic mass is 9.58. The van der Waals surface area contributed by atoms with Gasteiger partial charge in [-0.3, -0.25) is 4.79 Å².